The standard InChI is InChI=1S/C16H21NO6/c1-10(2)13(14(15(19)20)23-11(3)18)17-16(21)22-9-12-7-5-4-6-8-12/h4-8,10,13-14H,9H2,1-3H3,(H,17,21)(H,19,20)/t13-,14?/m0/s1. The highest BCUT2D eigenvalue weighted by molar-refractivity contribution is 5.79. The summed E-state index contributed by atoms with van der Waals surface area (Å²) >= 11 is 0. The lowest BCUT2D eigenvalue weighted by Gasteiger charge is -2.27. The van der Waals surface area contributed by atoms with Gasteiger partial charge in [0.25, 0.3) is 0 Å². The van der Waals surface area contributed by atoms with Gasteiger partial charge >= 0.3 is 18.0 Å². The molecular formula is C16H21NO6. The molecule has 7 nitrogen and oxygen atoms in total. The molecule has 1 aromatic carbocycles. The topological polar surface area (TPSA) is 102 Å². The fourth-order valence-electron chi connectivity index (χ4n) is 1.95. The summed E-state index contributed by atoms with van der Waals surface area (Å²) in [6, 6.07) is 8.16. The highest BCUT2D eigenvalue weighted by Crippen LogP contribution is 2.12. The van der Waals surface area contributed by atoms with Crippen LogP contribution in [0.3, 0.4) is 0 Å². The molecule has 0 spiro atoms. The number of carboxylic acid groups (broad SMARTS) is 1. The Balaban J connectivity index is 2.68. The first-order valence-electron chi connectivity index (χ1n) is 7.18. The van der Waals surface area contributed by atoms with Crippen molar-refractivity contribution in [1.82, 2.24) is 5.32 Å². The van der Waals surface area contributed by atoms with E-state index in [2.05, 4.69) is 5.32 Å². The number of hydrogen-bond donors (Lipinski definition) is 2. The number of nitrogens with one attached hydrogen (secondary N) is 1. The number of carbonyl (C=O) groups is 3. The quantitative estimate of drug-likeness (QED) is 0.744. The van der Waals surface area contributed by atoms with Gasteiger partial charge in [0.2, 0.25) is 6.10 Å². The van der Waals surface area contributed by atoms with Crippen LogP contribution in [0.5, 0.6) is 0 Å². The third kappa shape index (κ3) is 6.37. The van der Waals surface area contributed by atoms with Crippen LogP contribution in [0.4, 0.5) is 4.79 Å². The average Bonchev–Trinajstić information content (AvgIpc) is 2.49. The van der Waals surface area contributed by atoms with E-state index >= 15 is 0 Å². The number of rotatable bonds is 7. The second kappa shape index (κ2) is 8.77. The van der Waals surface area contributed by atoms with Crippen LogP contribution in [0.1, 0.15) is 26.3 Å². The molecule has 2 N–H and O–H groups in total. The summed E-state index contributed by atoms with van der Waals surface area (Å²) in [6.45, 7) is 4.59. The molecule has 0 saturated carbocycles. The van der Waals surface area contributed by atoms with Crippen LogP contribution in [0, 0.1) is 5.92 Å². The van der Waals surface area contributed by atoms with Crippen LogP contribution in [-0.4, -0.2) is 35.3 Å². The summed E-state index contributed by atoms with van der Waals surface area (Å²) in [6.07, 6.45) is -2.25. The number of benzene rings is 1. The van der Waals surface area contributed by atoms with Crippen molar-refractivity contribution >= 4 is 18.0 Å². The van der Waals surface area contributed by atoms with Gasteiger partial charge in [0.05, 0.1) is 6.04 Å². The number of carbonyl (C=O) groups excluding carboxylic acids is 2. The molecule has 1 rings (SSSR count). The van der Waals surface area contributed by atoms with Crippen molar-refractivity contribution in [2.75, 3.05) is 0 Å². The van der Waals surface area contributed by atoms with Crippen molar-refractivity contribution in [2.24, 2.45) is 5.92 Å². The minimum Gasteiger partial charge on any atom is -0.478 e. The largest absolute Gasteiger partial charge is 0.478 e. The van der Waals surface area contributed by atoms with E-state index < -0.39 is 30.2 Å². The third-order valence-corrected chi connectivity index (χ3v) is 3.08. The van der Waals surface area contributed by atoms with Crippen molar-refractivity contribution in [3.63, 3.8) is 0 Å². The van der Waals surface area contributed by atoms with E-state index in [1.54, 1.807) is 26.0 Å². The van der Waals surface area contributed by atoms with E-state index in [0.717, 1.165) is 12.5 Å². The Bertz CT molecular complexity index is 543. The number of carboxylic acids is 1. The molecule has 1 unspecified atom stereocenters. The summed E-state index contributed by atoms with van der Waals surface area (Å²) in [5.74, 6) is -2.34. The predicted octanol–water partition coefficient (Wildman–Crippen LogP) is 1.95. The van der Waals surface area contributed by atoms with E-state index in [9.17, 15) is 19.5 Å². The fraction of sp³-hybridized carbons (Fsp3) is 0.438. The van der Waals surface area contributed by atoms with Crippen LogP contribution in [0.15, 0.2) is 30.3 Å². The van der Waals surface area contributed by atoms with Gasteiger partial charge in [-0.3, -0.25) is 4.79 Å². The van der Waals surface area contributed by atoms with Crippen LogP contribution in [0.2, 0.25) is 0 Å². The molecule has 0 saturated heterocycles. The lowest BCUT2D eigenvalue weighted by Crippen LogP contribution is -2.51. The number of esters is 1. The molecule has 0 aliphatic rings. The first-order valence-corrected chi connectivity index (χ1v) is 7.18. The number of amides is 1. The molecule has 1 aromatic rings. The second-order valence-corrected chi connectivity index (χ2v) is 5.34. The molecule has 0 aliphatic heterocycles. The molecule has 23 heavy (non-hydrogen) atoms. The van der Waals surface area contributed by atoms with E-state index in [1.807, 2.05) is 18.2 Å². The SMILES string of the molecule is CC(=O)OC(C(=O)O)[C@@H](NC(=O)OCc1ccccc1)C(C)C. The predicted molar refractivity (Wildman–Crippen MR) is 81.6 cm³/mol. The van der Waals surface area contributed by atoms with Crippen molar-refractivity contribution in [2.45, 2.75) is 39.5 Å². The van der Waals surface area contributed by atoms with Gasteiger partial charge in [0.15, 0.2) is 0 Å². The summed E-state index contributed by atoms with van der Waals surface area (Å²) in [5, 5.41) is 11.6. The molecular weight excluding hydrogens is 302 g/mol. The number of aliphatic carboxylic acids is 1. The zero-order valence-electron chi connectivity index (χ0n) is 13.3. The number of ether oxygens (including phenoxy) is 2. The maximum Gasteiger partial charge on any atom is 0.407 e. The molecule has 1 amide bonds. The maximum absolute atomic E-state index is 11.9. The van der Waals surface area contributed by atoms with Crippen LogP contribution >= 0.6 is 0 Å². The molecule has 0 aliphatic carbocycles. The van der Waals surface area contributed by atoms with Gasteiger partial charge in [-0.15, -0.1) is 0 Å². The molecule has 0 fully saturated rings. The number of alkyl carbamates (subject to hydrolysis) is 1. The molecule has 0 radical (unpaired) electrons. The van der Waals surface area contributed by atoms with Gasteiger partial charge < -0.3 is 19.9 Å². The van der Waals surface area contributed by atoms with E-state index in [1.165, 1.54) is 0 Å². The van der Waals surface area contributed by atoms with Crippen molar-refractivity contribution in [1.29, 1.82) is 0 Å². The van der Waals surface area contributed by atoms with Gasteiger partial charge in [-0.1, -0.05) is 44.2 Å². The Morgan fingerprint density at radius 1 is 1.17 bits per heavy atom. The molecule has 7 heteroatoms. The Morgan fingerprint density at radius 2 is 1.78 bits per heavy atom. The second-order valence-electron chi connectivity index (χ2n) is 5.34. The zero-order chi connectivity index (χ0) is 17.4. The molecule has 0 aromatic heterocycles. The van der Waals surface area contributed by atoms with Gasteiger partial charge in [-0.2, -0.15) is 0 Å². The Kier molecular flexibility index (Phi) is 7.05. The summed E-state index contributed by atoms with van der Waals surface area (Å²) in [7, 11) is 0. The van der Waals surface area contributed by atoms with Crippen molar-refractivity contribution in [3.8, 4) is 0 Å². The van der Waals surface area contributed by atoms with Gasteiger partial charge in [-0.05, 0) is 11.5 Å². The smallest absolute Gasteiger partial charge is 0.407 e. The van der Waals surface area contributed by atoms with Crippen molar-refractivity contribution < 1.29 is 29.0 Å². The van der Waals surface area contributed by atoms with E-state index in [0.29, 0.717) is 0 Å². The first-order chi connectivity index (χ1) is 10.8. The highest BCUT2D eigenvalue weighted by Gasteiger charge is 2.35. The van der Waals surface area contributed by atoms with Crippen molar-refractivity contribution in [3.05, 3.63) is 35.9 Å². The Hall–Kier alpha value is -2.57. The highest BCUT2D eigenvalue weighted by atomic mass is 16.6. The average molecular weight is 323 g/mol. The van der Waals surface area contributed by atoms with E-state index in [4.69, 9.17) is 9.47 Å². The van der Waals surface area contributed by atoms with Gasteiger partial charge in [0, 0.05) is 6.92 Å². The first kappa shape index (κ1) is 18.5. The van der Waals surface area contributed by atoms with Crippen LogP contribution in [0.25, 0.3) is 0 Å². The lowest BCUT2D eigenvalue weighted by atomic mass is 9.98. The minimum atomic E-state index is -1.48. The lowest BCUT2D eigenvalue weighted by molar-refractivity contribution is -0.165. The summed E-state index contributed by atoms with van der Waals surface area (Å²) in [4.78, 5) is 34.2. The zero-order valence-corrected chi connectivity index (χ0v) is 13.3. The monoisotopic (exact) mass is 323 g/mol. The molecule has 0 heterocycles. The molecule has 2 atom stereocenters. The summed E-state index contributed by atoms with van der Waals surface area (Å²) in [5.41, 5.74) is 0.804. The third-order valence-electron chi connectivity index (χ3n) is 3.08. The maximum atomic E-state index is 11.9. The normalized spacial score (nSPS) is 13.0. The molecule has 126 valence electrons. The van der Waals surface area contributed by atoms with Gasteiger partial charge in [0.1, 0.15) is 6.61 Å². The molecule has 0 bridgehead atoms. The Labute approximate surface area is 134 Å². The van der Waals surface area contributed by atoms with Gasteiger partial charge in [-0.25, -0.2) is 9.59 Å². The van der Waals surface area contributed by atoms with E-state index in [-0.39, 0.29) is 12.5 Å². The van der Waals surface area contributed by atoms with Crippen LogP contribution in [-0.2, 0) is 25.7 Å². The fourth-order valence-corrected chi connectivity index (χ4v) is 1.95. The minimum absolute atomic E-state index is 0.0583. The van der Waals surface area contributed by atoms with Crippen LogP contribution < -0.4 is 5.32 Å². The number of hydrogen-bond acceptors (Lipinski definition) is 5. The Morgan fingerprint density at radius 3 is 2.26 bits per heavy atom. The summed E-state index contributed by atoms with van der Waals surface area (Å²) < 4.78 is 9.85.